The van der Waals surface area contributed by atoms with E-state index in [1.54, 1.807) is 6.92 Å². The van der Waals surface area contributed by atoms with Gasteiger partial charge in [-0.1, -0.05) is 98.5 Å². The van der Waals surface area contributed by atoms with E-state index in [9.17, 15) is 99.5 Å². The Hall–Kier alpha value is -4.37. The number of hydrogen-bond acceptors (Lipinski definition) is 31. The molecule has 31 atom stereocenters. The van der Waals surface area contributed by atoms with Crippen LogP contribution in [0.4, 0.5) is 4.79 Å². The molecule has 5 rings (SSSR count). The number of carbonyl (C=O) groups excluding carboxylic acids is 5. The second-order valence-corrected chi connectivity index (χ2v) is 29.1. The molecule has 101 heavy (non-hydrogen) atoms. The van der Waals surface area contributed by atoms with Crippen molar-refractivity contribution in [1.29, 1.82) is 0 Å². The lowest BCUT2D eigenvalue weighted by Crippen LogP contribution is -2.72. The summed E-state index contributed by atoms with van der Waals surface area (Å²) >= 11 is 0. The van der Waals surface area contributed by atoms with Gasteiger partial charge in [0.25, 0.3) is 0 Å². The van der Waals surface area contributed by atoms with Crippen LogP contribution in [0.3, 0.4) is 0 Å². The van der Waals surface area contributed by atoms with Crippen molar-refractivity contribution in [2.24, 2.45) is 40.4 Å². The second kappa shape index (κ2) is 38.8. The van der Waals surface area contributed by atoms with Crippen LogP contribution in [-0.4, -0.2) is 293 Å². The molecule has 5 aliphatic rings. The number of phosphoric acid groups is 1. The fraction of sp³-hybridized carbons (Fsp3) is 0.871. The first-order valence-electron chi connectivity index (χ1n) is 33.6. The number of carboxylic acid groups (broad SMARTS) is 1. The number of rotatable bonds is 39. The average molecular weight is 1480 g/mol. The Morgan fingerprint density at radius 3 is 1.71 bits per heavy atom. The van der Waals surface area contributed by atoms with Gasteiger partial charge in [0, 0.05) is 19.3 Å². The maximum absolute atomic E-state index is 14.1. The Balaban J connectivity index is 1.43. The van der Waals surface area contributed by atoms with Crippen molar-refractivity contribution in [3.05, 3.63) is 12.7 Å². The van der Waals surface area contributed by atoms with Crippen LogP contribution in [0.2, 0.25) is 0 Å². The van der Waals surface area contributed by atoms with E-state index in [4.69, 9.17) is 78.4 Å². The third-order valence-electron chi connectivity index (χ3n) is 18.8. The van der Waals surface area contributed by atoms with Crippen molar-refractivity contribution in [2.75, 3.05) is 26.4 Å². The van der Waals surface area contributed by atoms with Crippen LogP contribution in [0.25, 0.3) is 0 Å². The first-order valence-corrected chi connectivity index (χ1v) is 35.1. The van der Waals surface area contributed by atoms with Crippen molar-refractivity contribution in [3.63, 3.8) is 0 Å². The lowest BCUT2D eigenvalue weighted by atomic mass is 9.79. The van der Waals surface area contributed by atoms with Gasteiger partial charge in [0.15, 0.2) is 62.0 Å². The van der Waals surface area contributed by atoms with E-state index in [0.29, 0.717) is 30.6 Å². The van der Waals surface area contributed by atoms with Gasteiger partial charge in [0.1, 0.15) is 90.9 Å². The number of nitrogens with one attached hydrogen (secondary N) is 2. The van der Waals surface area contributed by atoms with Gasteiger partial charge in [-0.25, -0.2) is 14.2 Å². The predicted octanol–water partition coefficient (Wildman–Crippen LogP) is -4.14. The van der Waals surface area contributed by atoms with Crippen LogP contribution in [0.1, 0.15) is 127 Å². The molecule has 0 radical (unpaired) electrons. The summed E-state index contributed by atoms with van der Waals surface area (Å²) in [6.45, 7) is 14.4. The molecule has 5 heterocycles. The highest BCUT2D eigenvalue weighted by Crippen LogP contribution is 2.49. The van der Waals surface area contributed by atoms with Gasteiger partial charge in [-0.2, -0.15) is 0 Å². The molecule has 21 N–H and O–H groups in total. The topological polar surface area (TPSA) is 605 Å². The second-order valence-electron chi connectivity index (χ2n) is 27.7. The molecular weight excluding hydrogens is 1370 g/mol. The number of carbonyl (C=O) groups is 6. The number of aliphatic carboxylic acids is 1. The summed E-state index contributed by atoms with van der Waals surface area (Å²) in [5.74, 6) is -4.73. The molecule has 5 fully saturated rings. The first-order chi connectivity index (χ1) is 47.1. The molecule has 38 nitrogen and oxygen atoms in total. The summed E-state index contributed by atoms with van der Waals surface area (Å²) in [5, 5.41) is 137. The molecule has 5 saturated heterocycles. The SMILES string of the molecule is C=CC(C)(CCCCC(C)CCCC(C)CCCC(C)C)C(O)CO[C@H](COP(=O)(O)O[C@H]1O[C@H](C(N)=O)[C@@](C)(O)[C@H](OC(N)=O)[C@H]1O[C@@H]1O[C@H](CO[C@@H]2O[C@H](CO)[C@@H](O)[C@H](O)[C@H]2O)[C@@H](O[C@@H]2O[C@H](C)[C@@H](O[C@@H]3O[C@H](C(N)=O)[C@H](O)[C@H](O)[C@H]3O)[C@H](O)[C@H]2NC(C)=O)[C@H](O)[C@H]1NC(C)=O)C(=O)O. The molecule has 0 aromatic carbocycles. The lowest BCUT2D eigenvalue weighted by Gasteiger charge is -2.52. The molecular formula is C62H108N5O33P. The standard InChI is InChI=1S/C62H108N5O33P/c1-11-61(9,21-13-12-17-27(4)19-15-20-28(5)18-14-16-26(2)3)35(71)25-88-34(54(82)83)24-90-101(86,87)100-59-49(50(99-60(65)84)62(10,85)51(98-59)53(64)81)97-56-37(67-31(8)70)40(74)47(33(93-56)23-89-57-44(78)41(75)38(72)32(22-68)92-57)95-55-36(66-30(7)69)39(73)46(29(6)91-55)94-58-45(79)42(76)43(77)48(96-58)52(63)80/h11,26-29,32-51,55-59,68,71-79,85H,1,12-25H2,2-10H3,(H2,63,80)(H2,64,81)(H2,65,84)(H,66,69)(H,67,70)(H,82,83)(H,86,87)/t27?,28?,29-,32-,33-,34-,35?,36-,37-,38-,39-,40-,41+,42+,43-,44-,45-,46-,47-,48+,49-,50-,51-,55+,56+,57-,58-,59-,61?,62+/m1/s1. The minimum atomic E-state index is -5.90. The van der Waals surface area contributed by atoms with Crippen LogP contribution in [0, 0.1) is 23.2 Å². The number of aliphatic hydroxyl groups excluding tert-OH is 10. The number of nitrogens with two attached hydrogens (primary N) is 3. The summed E-state index contributed by atoms with van der Waals surface area (Å²) in [4.78, 5) is 88.0. The van der Waals surface area contributed by atoms with Crippen LogP contribution in [0.5, 0.6) is 0 Å². The third kappa shape index (κ3) is 23.8. The van der Waals surface area contributed by atoms with Crippen LogP contribution in [0.15, 0.2) is 12.7 Å². The van der Waals surface area contributed by atoms with Crippen LogP contribution < -0.4 is 27.8 Å². The predicted molar refractivity (Wildman–Crippen MR) is 341 cm³/mol. The van der Waals surface area contributed by atoms with E-state index in [0.717, 1.165) is 52.9 Å². The first kappa shape index (κ1) is 87.3. The van der Waals surface area contributed by atoms with Crippen LogP contribution >= 0.6 is 7.82 Å². The number of ether oxygens (including phenoxy) is 11. The molecule has 0 bridgehead atoms. The molecule has 0 saturated carbocycles. The zero-order chi connectivity index (χ0) is 75.9. The number of carboxylic acids is 1. The van der Waals surface area contributed by atoms with Gasteiger partial charge in [0.05, 0.1) is 38.6 Å². The van der Waals surface area contributed by atoms with E-state index in [1.807, 2.05) is 0 Å². The van der Waals surface area contributed by atoms with Crippen molar-refractivity contribution >= 4 is 43.5 Å². The van der Waals surface area contributed by atoms with Gasteiger partial charge < -0.3 is 146 Å². The van der Waals surface area contributed by atoms with E-state index >= 15 is 0 Å². The maximum Gasteiger partial charge on any atom is 0.474 e. The van der Waals surface area contributed by atoms with E-state index in [2.05, 4.69) is 44.9 Å². The van der Waals surface area contributed by atoms with Crippen molar-refractivity contribution in [3.8, 4) is 0 Å². The monoisotopic (exact) mass is 1480 g/mol. The molecule has 0 aromatic rings. The maximum atomic E-state index is 14.1. The Morgan fingerprint density at radius 2 is 1.18 bits per heavy atom. The van der Waals surface area contributed by atoms with E-state index in [1.165, 1.54) is 32.3 Å². The zero-order valence-corrected chi connectivity index (χ0v) is 59.0. The molecule has 0 aromatic heterocycles. The fourth-order valence-corrected chi connectivity index (χ4v) is 13.5. The summed E-state index contributed by atoms with van der Waals surface area (Å²) in [6.07, 6.45) is -40.0. The number of amides is 5. The number of unbranched alkanes of at least 4 members (excludes halogenated alkanes) is 1. The minimum absolute atomic E-state index is 0.424. The molecule has 584 valence electrons. The molecule has 39 heteroatoms. The van der Waals surface area contributed by atoms with Crippen molar-refractivity contribution < 1.29 is 161 Å². The summed E-state index contributed by atoms with van der Waals surface area (Å²) in [6, 6.07) is -3.93. The van der Waals surface area contributed by atoms with Gasteiger partial charge in [-0.3, -0.25) is 28.2 Å². The summed E-state index contributed by atoms with van der Waals surface area (Å²) in [7, 11) is -5.90. The third-order valence-corrected chi connectivity index (χ3v) is 19.7. The average Bonchev–Trinajstić information content (AvgIpc) is 0.751. The van der Waals surface area contributed by atoms with Crippen LogP contribution in [-0.2, 0) is 89.7 Å². The van der Waals surface area contributed by atoms with Gasteiger partial charge in [0.2, 0.25) is 23.6 Å². The summed E-state index contributed by atoms with van der Waals surface area (Å²) < 4.78 is 88.4. The molecule has 0 spiro atoms. The minimum Gasteiger partial charge on any atom is -0.479 e. The summed E-state index contributed by atoms with van der Waals surface area (Å²) in [5.41, 5.74) is 12.5. The number of phosphoric ester groups is 1. The van der Waals surface area contributed by atoms with E-state index in [-0.39, 0.29) is 0 Å². The Bertz CT molecular complexity index is 2730. The highest BCUT2D eigenvalue weighted by molar-refractivity contribution is 7.47. The number of aliphatic hydroxyl groups is 11. The Labute approximate surface area is 584 Å². The highest BCUT2D eigenvalue weighted by Gasteiger charge is 2.62. The molecule has 5 unspecified atom stereocenters. The quantitative estimate of drug-likeness (QED) is 0.0158. The largest absolute Gasteiger partial charge is 0.479 e. The lowest BCUT2D eigenvalue weighted by molar-refractivity contribution is -0.375. The normalized spacial score (nSPS) is 37.8. The van der Waals surface area contributed by atoms with Crippen molar-refractivity contribution in [1.82, 2.24) is 10.6 Å². The number of primary amides is 3. The molecule has 5 aliphatic heterocycles. The number of hydrogen-bond donors (Lipinski definition) is 18. The Kier molecular flexibility index (Phi) is 33.5. The van der Waals surface area contributed by atoms with Gasteiger partial charge >= 0.3 is 19.9 Å². The van der Waals surface area contributed by atoms with Gasteiger partial charge in [-0.15, -0.1) is 6.58 Å². The smallest absolute Gasteiger partial charge is 0.474 e. The zero-order valence-electron chi connectivity index (χ0n) is 58.1. The molecule has 5 amide bonds. The molecule has 0 aliphatic carbocycles. The fourth-order valence-electron chi connectivity index (χ4n) is 12.6. The van der Waals surface area contributed by atoms with Gasteiger partial charge in [-0.05, 0) is 38.0 Å². The van der Waals surface area contributed by atoms with Crippen molar-refractivity contribution in [2.45, 2.75) is 292 Å². The van der Waals surface area contributed by atoms with E-state index < -0.39 is 240 Å². The Morgan fingerprint density at radius 1 is 0.653 bits per heavy atom. The highest BCUT2D eigenvalue weighted by atomic mass is 31.2.